The lowest BCUT2D eigenvalue weighted by atomic mass is 9.92. The van der Waals surface area contributed by atoms with Gasteiger partial charge in [0.1, 0.15) is 17.8 Å². The highest BCUT2D eigenvalue weighted by molar-refractivity contribution is 6.04. The maximum atomic E-state index is 10.3. The number of hydrogen-bond donors (Lipinski definition) is 0. The summed E-state index contributed by atoms with van der Waals surface area (Å²) in [5, 5.41) is 21.0. The molecule has 0 saturated heterocycles. The van der Waals surface area contributed by atoms with Gasteiger partial charge in [0.25, 0.3) is 0 Å². The highest BCUT2D eigenvalue weighted by atomic mass is 16.5. The van der Waals surface area contributed by atoms with Crippen LogP contribution in [0.2, 0.25) is 0 Å². The van der Waals surface area contributed by atoms with Gasteiger partial charge in [0.05, 0.1) is 31.0 Å². The fourth-order valence-electron chi connectivity index (χ4n) is 4.12. The molecule has 0 aliphatic carbocycles. The van der Waals surface area contributed by atoms with Crippen LogP contribution in [0.15, 0.2) is 54.7 Å². The van der Waals surface area contributed by atoms with Crippen molar-refractivity contribution in [3.63, 3.8) is 0 Å². The summed E-state index contributed by atoms with van der Waals surface area (Å²) in [5.41, 5.74) is 3.78. The number of para-hydroxylation sites is 1. The van der Waals surface area contributed by atoms with Crippen LogP contribution >= 0.6 is 0 Å². The van der Waals surface area contributed by atoms with Crippen molar-refractivity contribution in [1.29, 1.82) is 10.5 Å². The molecule has 6 nitrogen and oxygen atoms in total. The van der Waals surface area contributed by atoms with Gasteiger partial charge >= 0.3 is 0 Å². The molecule has 4 aromatic rings. The van der Waals surface area contributed by atoms with Gasteiger partial charge in [0, 0.05) is 33.8 Å². The van der Waals surface area contributed by atoms with Gasteiger partial charge in [-0.15, -0.1) is 0 Å². The molecule has 33 heavy (non-hydrogen) atoms. The Morgan fingerprint density at radius 2 is 1.64 bits per heavy atom. The minimum absolute atomic E-state index is 0.335. The van der Waals surface area contributed by atoms with E-state index < -0.39 is 0 Å². The minimum Gasteiger partial charge on any atom is -0.493 e. The maximum absolute atomic E-state index is 10.3. The topological polar surface area (TPSA) is 83.9 Å². The Hall–Kier alpha value is -4.29. The molecule has 0 atom stereocenters. The van der Waals surface area contributed by atoms with E-state index >= 15 is 0 Å². The zero-order chi connectivity index (χ0) is 23.8. The van der Waals surface area contributed by atoms with Crippen LogP contribution in [0.3, 0.4) is 0 Å². The van der Waals surface area contributed by atoms with Crippen molar-refractivity contribution < 1.29 is 9.47 Å². The third kappa shape index (κ3) is 3.56. The molecule has 0 spiro atoms. The first kappa shape index (κ1) is 21.9. The van der Waals surface area contributed by atoms with Crippen LogP contribution in [-0.4, -0.2) is 23.8 Å². The fraction of sp³-hybridized carbons (Fsp3) is 0.222. The smallest absolute Gasteiger partial charge is 0.168 e. The van der Waals surface area contributed by atoms with Gasteiger partial charge in [-0.25, -0.2) is 4.98 Å². The molecule has 0 aliphatic rings. The van der Waals surface area contributed by atoms with E-state index in [9.17, 15) is 10.5 Å². The molecule has 2 heterocycles. The molecule has 0 bridgehead atoms. The van der Waals surface area contributed by atoms with E-state index in [-0.39, 0.29) is 5.54 Å². The summed E-state index contributed by atoms with van der Waals surface area (Å²) in [6.45, 7) is 6.17. The lowest BCUT2D eigenvalue weighted by Gasteiger charge is -2.23. The number of benzene rings is 2. The molecule has 2 aromatic heterocycles. The summed E-state index contributed by atoms with van der Waals surface area (Å²) in [4.78, 5) is 4.95. The van der Waals surface area contributed by atoms with Crippen molar-refractivity contribution in [1.82, 2.24) is 9.55 Å². The number of aromatic nitrogens is 2. The van der Waals surface area contributed by atoms with Crippen LogP contribution in [0.1, 0.15) is 31.9 Å². The van der Waals surface area contributed by atoms with Gasteiger partial charge in [-0.3, -0.25) is 0 Å². The zero-order valence-corrected chi connectivity index (χ0v) is 19.3. The Morgan fingerprint density at radius 3 is 2.21 bits per heavy atom. The summed E-state index contributed by atoms with van der Waals surface area (Å²) < 4.78 is 13.2. The van der Waals surface area contributed by atoms with Crippen molar-refractivity contribution in [3.8, 4) is 46.0 Å². The molecule has 0 N–H and O–H groups in total. The average Bonchev–Trinajstić information content (AvgIpc) is 3.21. The Balaban J connectivity index is 2.29. The first-order valence-electron chi connectivity index (χ1n) is 10.5. The third-order valence-corrected chi connectivity index (χ3v) is 5.61. The van der Waals surface area contributed by atoms with Crippen LogP contribution in [-0.2, 0) is 5.54 Å². The van der Waals surface area contributed by atoms with Crippen LogP contribution in [0, 0.1) is 22.7 Å². The van der Waals surface area contributed by atoms with Gasteiger partial charge in [0.2, 0.25) is 0 Å². The van der Waals surface area contributed by atoms with E-state index in [1.54, 1.807) is 20.3 Å². The van der Waals surface area contributed by atoms with Crippen molar-refractivity contribution in [2.24, 2.45) is 0 Å². The summed E-state index contributed by atoms with van der Waals surface area (Å²) in [7, 11) is 3.14. The fourth-order valence-corrected chi connectivity index (χ4v) is 4.12. The predicted molar refractivity (Wildman–Crippen MR) is 128 cm³/mol. The van der Waals surface area contributed by atoms with E-state index in [2.05, 4.69) is 32.9 Å². The maximum Gasteiger partial charge on any atom is 0.168 e. The number of methoxy groups -OCH3 is 2. The highest BCUT2D eigenvalue weighted by Gasteiger charge is 2.28. The van der Waals surface area contributed by atoms with Crippen molar-refractivity contribution in [3.05, 3.63) is 65.9 Å². The van der Waals surface area contributed by atoms with Gasteiger partial charge < -0.3 is 14.0 Å². The number of rotatable bonds is 4. The van der Waals surface area contributed by atoms with Crippen molar-refractivity contribution >= 4 is 11.0 Å². The van der Waals surface area contributed by atoms with E-state index in [0.29, 0.717) is 50.5 Å². The van der Waals surface area contributed by atoms with Gasteiger partial charge in [0.15, 0.2) is 11.5 Å². The quantitative estimate of drug-likeness (QED) is 0.398. The molecule has 0 amide bonds. The Bertz CT molecular complexity index is 1430. The number of hydrogen-bond acceptors (Lipinski definition) is 5. The summed E-state index contributed by atoms with van der Waals surface area (Å²) in [6.07, 6.45) is 1.81. The number of pyridine rings is 1. The van der Waals surface area contributed by atoms with Gasteiger partial charge in [-0.2, -0.15) is 10.5 Å². The first-order chi connectivity index (χ1) is 15.8. The van der Waals surface area contributed by atoms with Gasteiger partial charge in [-0.1, -0.05) is 42.5 Å². The highest BCUT2D eigenvalue weighted by Crippen LogP contribution is 2.45. The SMILES string of the molecule is COc1cccc(-c2c(C#N)c(-c3ccccc3)nc3c2c(C#N)cn3C(C)(C)C)c1OC. The van der Waals surface area contributed by atoms with E-state index in [0.717, 1.165) is 5.56 Å². The van der Waals surface area contributed by atoms with Crippen LogP contribution in [0.25, 0.3) is 33.4 Å². The molecular formula is C27H24N4O2. The summed E-state index contributed by atoms with van der Waals surface area (Å²) >= 11 is 0. The van der Waals surface area contributed by atoms with E-state index in [4.69, 9.17) is 14.5 Å². The summed E-state index contributed by atoms with van der Waals surface area (Å²) in [5.74, 6) is 1.04. The first-order valence-corrected chi connectivity index (χ1v) is 10.5. The molecule has 164 valence electrons. The van der Waals surface area contributed by atoms with Crippen molar-refractivity contribution in [2.45, 2.75) is 26.3 Å². The number of nitrogens with zero attached hydrogens (tertiary/aromatic N) is 4. The van der Waals surface area contributed by atoms with Crippen LogP contribution in [0.5, 0.6) is 11.5 Å². The number of nitriles is 2. The Labute approximate surface area is 193 Å². The average molecular weight is 437 g/mol. The van der Waals surface area contributed by atoms with E-state index in [1.807, 2.05) is 53.2 Å². The van der Waals surface area contributed by atoms with E-state index in [1.165, 1.54) is 0 Å². The van der Waals surface area contributed by atoms with Crippen LogP contribution in [0.4, 0.5) is 0 Å². The van der Waals surface area contributed by atoms with Crippen molar-refractivity contribution in [2.75, 3.05) is 14.2 Å². The predicted octanol–water partition coefficient (Wildman–Crippen LogP) is 5.89. The molecule has 2 aromatic carbocycles. The second-order valence-electron chi connectivity index (χ2n) is 8.62. The second-order valence-corrected chi connectivity index (χ2v) is 8.62. The number of fused-ring (bicyclic) bond motifs is 1. The monoisotopic (exact) mass is 436 g/mol. The lowest BCUT2D eigenvalue weighted by Crippen LogP contribution is -2.21. The zero-order valence-electron chi connectivity index (χ0n) is 19.3. The molecule has 6 heteroatoms. The van der Waals surface area contributed by atoms with Crippen LogP contribution < -0.4 is 9.47 Å². The largest absolute Gasteiger partial charge is 0.493 e. The Kier molecular flexibility index (Phi) is 5.54. The molecule has 0 unspecified atom stereocenters. The normalized spacial score (nSPS) is 11.1. The van der Waals surface area contributed by atoms with Gasteiger partial charge in [-0.05, 0) is 26.8 Å². The molecule has 0 radical (unpaired) electrons. The molecule has 0 aliphatic heterocycles. The molecule has 0 saturated carbocycles. The number of ether oxygens (including phenoxy) is 2. The minimum atomic E-state index is -0.335. The lowest BCUT2D eigenvalue weighted by molar-refractivity contribution is 0.356. The second kappa shape index (κ2) is 8.33. The third-order valence-electron chi connectivity index (χ3n) is 5.61. The standard InChI is InChI=1S/C27H24N4O2/c1-27(2,3)31-16-18(14-28)22-23(19-12-9-13-21(32-4)25(19)33-5)20(15-29)24(30-26(22)31)17-10-7-6-8-11-17/h6-13,16H,1-5H3. The summed E-state index contributed by atoms with van der Waals surface area (Å²) in [6, 6.07) is 19.8. The molecule has 0 fully saturated rings. The molecular weight excluding hydrogens is 412 g/mol. The Morgan fingerprint density at radius 1 is 0.909 bits per heavy atom. The molecule has 4 rings (SSSR count).